The van der Waals surface area contributed by atoms with Crippen LogP contribution >= 0.6 is 11.8 Å². The van der Waals surface area contributed by atoms with E-state index in [0.717, 1.165) is 5.69 Å². The monoisotopic (exact) mass is 442 g/mol. The van der Waals surface area contributed by atoms with Gasteiger partial charge in [-0.3, -0.25) is 4.79 Å². The summed E-state index contributed by atoms with van der Waals surface area (Å²) in [5.74, 6) is 1.50. The molecule has 1 heterocycles. The Labute approximate surface area is 186 Å². The van der Waals surface area contributed by atoms with Crippen LogP contribution in [0.15, 0.2) is 59.8 Å². The number of thioether (sulfide) groups is 1. The predicted molar refractivity (Wildman–Crippen MR) is 121 cm³/mol. The van der Waals surface area contributed by atoms with E-state index in [2.05, 4.69) is 24.0 Å². The molecule has 1 unspecified atom stereocenters. The standard InChI is InChI=1S/C23H27FN4O2S/c1-16(2)14-28-22(17(3)30-20-12-10-18(24)11-13-20)25-26-23(28)31-15-21(29)27(4)19-8-6-5-7-9-19/h5-13,16-17H,14-15H2,1-4H3. The van der Waals surface area contributed by atoms with E-state index >= 15 is 0 Å². The van der Waals surface area contributed by atoms with Crippen molar-refractivity contribution in [3.05, 3.63) is 66.2 Å². The molecule has 1 amide bonds. The fraction of sp³-hybridized carbons (Fsp3) is 0.348. The molecule has 1 atom stereocenters. The number of hydrogen-bond donors (Lipinski definition) is 0. The molecule has 31 heavy (non-hydrogen) atoms. The second-order valence-electron chi connectivity index (χ2n) is 7.64. The number of ether oxygens (including phenoxy) is 1. The second kappa shape index (κ2) is 10.4. The van der Waals surface area contributed by atoms with Crippen LogP contribution < -0.4 is 9.64 Å². The molecule has 8 heteroatoms. The van der Waals surface area contributed by atoms with Gasteiger partial charge in [0, 0.05) is 19.3 Å². The molecule has 0 saturated carbocycles. The molecule has 3 rings (SSSR count). The molecule has 0 bridgehead atoms. The normalized spacial score (nSPS) is 12.1. The number of hydrogen-bond acceptors (Lipinski definition) is 5. The lowest BCUT2D eigenvalue weighted by Crippen LogP contribution is -2.28. The van der Waals surface area contributed by atoms with Gasteiger partial charge in [0.1, 0.15) is 11.6 Å². The highest BCUT2D eigenvalue weighted by molar-refractivity contribution is 7.99. The quantitative estimate of drug-likeness (QED) is 0.438. The maximum atomic E-state index is 13.2. The fourth-order valence-corrected chi connectivity index (χ4v) is 3.90. The minimum absolute atomic E-state index is 0.0209. The Kier molecular flexibility index (Phi) is 7.68. The fourth-order valence-electron chi connectivity index (χ4n) is 3.03. The SMILES string of the molecule is CC(C)Cn1c(SCC(=O)N(C)c2ccccc2)nnc1C(C)Oc1ccc(F)cc1. The zero-order valence-corrected chi connectivity index (χ0v) is 19.0. The molecule has 0 radical (unpaired) electrons. The second-order valence-corrected chi connectivity index (χ2v) is 8.58. The van der Waals surface area contributed by atoms with Crippen LogP contribution in [0.5, 0.6) is 5.75 Å². The van der Waals surface area contributed by atoms with Gasteiger partial charge in [0.25, 0.3) is 0 Å². The maximum Gasteiger partial charge on any atom is 0.237 e. The topological polar surface area (TPSA) is 60.2 Å². The lowest BCUT2D eigenvalue weighted by molar-refractivity contribution is -0.115. The molecule has 0 aliphatic carbocycles. The van der Waals surface area contributed by atoms with E-state index in [0.29, 0.717) is 29.2 Å². The number of halogens is 1. The Morgan fingerprint density at radius 2 is 1.77 bits per heavy atom. The van der Waals surface area contributed by atoms with E-state index in [-0.39, 0.29) is 23.6 Å². The van der Waals surface area contributed by atoms with E-state index in [1.165, 1.54) is 23.9 Å². The summed E-state index contributed by atoms with van der Waals surface area (Å²) in [6.07, 6.45) is -0.381. The van der Waals surface area contributed by atoms with Gasteiger partial charge in [0.05, 0.1) is 5.75 Å². The molecule has 0 spiro atoms. The number of amides is 1. The van der Waals surface area contributed by atoms with Gasteiger partial charge in [-0.1, -0.05) is 43.8 Å². The van der Waals surface area contributed by atoms with Gasteiger partial charge in [-0.25, -0.2) is 4.39 Å². The largest absolute Gasteiger partial charge is 0.483 e. The molecular formula is C23H27FN4O2S. The number of nitrogens with zero attached hydrogens (tertiary/aromatic N) is 4. The Bertz CT molecular complexity index is 993. The molecule has 2 aromatic carbocycles. The van der Waals surface area contributed by atoms with Gasteiger partial charge in [-0.15, -0.1) is 10.2 Å². The lowest BCUT2D eigenvalue weighted by Gasteiger charge is -2.19. The molecule has 6 nitrogen and oxygen atoms in total. The minimum atomic E-state index is -0.381. The average molecular weight is 443 g/mol. The van der Waals surface area contributed by atoms with Gasteiger partial charge in [-0.05, 0) is 49.2 Å². The summed E-state index contributed by atoms with van der Waals surface area (Å²) in [6, 6.07) is 15.4. The smallest absolute Gasteiger partial charge is 0.237 e. The first kappa shape index (κ1) is 22.8. The van der Waals surface area contributed by atoms with Gasteiger partial charge in [0.15, 0.2) is 17.1 Å². The average Bonchev–Trinajstić information content (AvgIpc) is 3.15. The van der Waals surface area contributed by atoms with E-state index in [1.54, 1.807) is 24.1 Å². The summed E-state index contributed by atoms with van der Waals surface area (Å²) >= 11 is 1.36. The lowest BCUT2D eigenvalue weighted by atomic mass is 10.2. The Morgan fingerprint density at radius 3 is 2.42 bits per heavy atom. The van der Waals surface area contributed by atoms with Crippen LogP contribution in [0.2, 0.25) is 0 Å². The van der Waals surface area contributed by atoms with Crippen LogP contribution in [-0.4, -0.2) is 33.5 Å². The van der Waals surface area contributed by atoms with Crippen molar-refractivity contribution in [1.29, 1.82) is 0 Å². The van der Waals surface area contributed by atoms with E-state index < -0.39 is 0 Å². The van der Waals surface area contributed by atoms with Crippen molar-refractivity contribution >= 4 is 23.4 Å². The van der Waals surface area contributed by atoms with Crippen LogP contribution in [0.25, 0.3) is 0 Å². The molecule has 1 aromatic heterocycles. The van der Waals surface area contributed by atoms with Gasteiger partial charge >= 0.3 is 0 Å². The summed E-state index contributed by atoms with van der Waals surface area (Å²) in [4.78, 5) is 14.3. The van der Waals surface area contributed by atoms with Crippen molar-refractivity contribution in [3.8, 4) is 5.75 Å². The van der Waals surface area contributed by atoms with E-state index in [4.69, 9.17) is 4.74 Å². The first-order chi connectivity index (χ1) is 14.8. The van der Waals surface area contributed by atoms with Crippen LogP contribution in [0.1, 0.15) is 32.7 Å². The van der Waals surface area contributed by atoms with Crippen LogP contribution in [0, 0.1) is 11.7 Å². The van der Waals surface area contributed by atoms with Crippen LogP contribution in [0.4, 0.5) is 10.1 Å². The van der Waals surface area contributed by atoms with Crippen molar-refractivity contribution in [1.82, 2.24) is 14.8 Å². The van der Waals surface area contributed by atoms with Gasteiger partial charge < -0.3 is 14.2 Å². The number of benzene rings is 2. The number of anilines is 1. The zero-order valence-electron chi connectivity index (χ0n) is 18.2. The van der Waals surface area contributed by atoms with Gasteiger partial charge in [-0.2, -0.15) is 0 Å². The van der Waals surface area contributed by atoms with Crippen molar-refractivity contribution in [2.24, 2.45) is 5.92 Å². The summed E-state index contributed by atoms with van der Waals surface area (Å²) in [5, 5.41) is 9.32. The Hall–Kier alpha value is -2.87. The number of para-hydroxylation sites is 1. The summed E-state index contributed by atoms with van der Waals surface area (Å²) in [6.45, 7) is 6.80. The number of aromatic nitrogens is 3. The third kappa shape index (κ3) is 6.07. The van der Waals surface area contributed by atoms with Crippen LogP contribution in [-0.2, 0) is 11.3 Å². The maximum absolute atomic E-state index is 13.2. The van der Waals surface area contributed by atoms with E-state index in [9.17, 15) is 9.18 Å². The summed E-state index contributed by atoms with van der Waals surface area (Å²) in [7, 11) is 1.76. The third-order valence-corrected chi connectivity index (χ3v) is 5.58. The first-order valence-corrected chi connectivity index (χ1v) is 11.1. The van der Waals surface area contributed by atoms with Crippen molar-refractivity contribution in [2.75, 3.05) is 17.7 Å². The number of carbonyl (C=O) groups is 1. The molecule has 3 aromatic rings. The minimum Gasteiger partial charge on any atom is -0.483 e. The van der Waals surface area contributed by atoms with E-state index in [1.807, 2.05) is 41.8 Å². The first-order valence-electron chi connectivity index (χ1n) is 10.1. The summed E-state index contributed by atoms with van der Waals surface area (Å²) < 4.78 is 21.1. The predicted octanol–water partition coefficient (Wildman–Crippen LogP) is 4.97. The molecule has 0 saturated heterocycles. The highest BCUT2D eigenvalue weighted by Crippen LogP contribution is 2.26. The van der Waals surface area contributed by atoms with Crippen molar-refractivity contribution in [2.45, 2.75) is 38.6 Å². The molecule has 0 aliphatic rings. The number of rotatable bonds is 9. The molecule has 164 valence electrons. The molecule has 0 fully saturated rings. The Balaban J connectivity index is 1.72. The van der Waals surface area contributed by atoms with Crippen molar-refractivity contribution < 1.29 is 13.9 Å². The zero-order chi connectivity index (χ0) is 22.4. The highest BCUT2D eigenvalue weighted by Gasteiger charge is 2.22. The molecular weight excluding hydrogens is 415 g/mol. The third-order valence-electron chi connectivity index (χ3n) is 4.63. The molecule has 0 aliphatic heterocycles. The van der Waals surface area contributed by atoms with Crippen molar-refractivity contribution in [3.63, 3.8) is 0 Å². The Morgan fingerprint density at radius 1 is 1.10 bits per heavy atom. The molecule has 0 N–H and O–H groups in total. The van der Waals surface area contributed by atoms with Crippen LogP contribution in [0.3, 0.4) is 0 Å². The van der Waals surface area contributed by atoms with Gasteiger partial charge in [0.2, 0.25) is 5.91 Å². The number of carbonyl (C=O) groups excluding carboxylic acids is 1. The summed E-state index contributed by atoms with van der Waals surface area (Å²) in [5.41, 5.74) is 0.846. The highest BCUT2D eigenvalue weighted by atomic mass is 32.2.